The van der Waals surface area contributed by atoms with Gasteiger partial charge in [-0.1, -0.05) is 0 Å². The normalized spacial score (nSPS) is 11.6. The summed E-state index contributed by atoms with van der Waals surface area (Å²) in [6, 6.07) is 6.25. The molecule has 24 heavy (non-hydrogen) atoms. The first-order valence-corrected chi connectivity index (χ1v) is 7.14. The maximum absolute atomic E-state index is 13.5. The molecule has 0 fully saturated rings. The molecule has 0 saturated heterocycles. The lowest BCUT2D eigenvalue weighted by Gasteiger charge is -2.11. The van der Waals surface area contributed by atoms with Crippen LogP contribution in [0.4, 0.5) is 13.2 Å². The molecule has 3 aromatic heterocycles. The molecule has 0 saturated carbocycles. The van der Waals surface area contributed by atoms with E-state index in [1.807, 2.05) is 6.07 Å². The molecule has 0 N–H and O–H groups in total. The Balaban J connectivity index is 2.31. The molecule has 0 radical (unpaired) electrons. The third-order valence-corrected chi connectivity index (χ3v) is 3.58. The summed E-state index contributed by atoms with van der Waals surface area (Å²) in [5.41, 5.74) is 0.223. The predicted octanol–water partition coefficient (Wildman–Crippen LogP) is 3.73. The van der Waals surface area contributed by atoms with Gasteiger partial charge in [0.15, 0.2) is 5.65 Å². The van der Waals surface area contributed by atoms with E-state index in [4.69, 9.17) is 5.26 Å². The van der Waals surface area contributed by atoms with E-state index < -0.39 is 11.7 Å². The van der Waals surface area contributed by atoms with Crippen LogP contribution in [-0.2, 0) is 12.7 Å². The number of rotatable bonds is 3. The first kappa shape index (κ1) is 15.9. The van der Waals surface area contributed by atoms with Crippen molar-refractivity contribution in [1.29, 1.82) is 5.26 Å². The number of aromatic nitrogens is 4. The van der Waals surface area contributed by atoms with E-state index >= 15 is 0 Å². The Morgan fingerprint density at radius 1 is 1.33 bits per heavy atom. The minimum atomic E-state index is -4.54. The van der Waals surface area contributed by atoms with Crippen LogP contribution in [0.3, 0.4) is 0 Å². The topological polar surface area (TPSA) is 67.4 Å². The molecule has 0 aliphatic rings. The third-order valence-electron chi connectivity index (χ3n) is 3.58. The third kappa shape index (κ3) is 2.80. The lowest BCUT2D eigenvalue weighted by Crippen LogP contribution is -2.08. The van der Waals surface area contributed by atoms with Gasteiger partial charge < -0.3 is 0 Å². The standard InChI is InChI=1S/C16H12F3N5/c1-10-14-12(16(17,18)19)8-13(11-4-2-6-21-9-11)22-15(14)24(23-10)7-3-5-20/h2,4,6,8-9H,3,7H2,1H3. The van der Waals surface area contributed by atoms with Crippen LogP contribution in [0, 0.1) is 18.3 Å². The lowest BCUT2D eigenvalue weighted by atomic mass is 10.1. The molecular formula is C16H12F3N5. The number of hydrogen-bond acceptors (Lipinski definition) is 4. The van der Waals surface area contributed by atoms with E-state index in [-0.39, 0.29) is 35.4 Å². The van der Waals surface area contributed by atoms with Gasteiger partial charge in [0.05, 0.1) is 41.4 Å². The average molecular weight is 331 g/mol. The summed E-state index contributed by atoms with van der Waals surface area (Å²) in [6.07, 6.45) is -1.41. The number of nitrogens with zero attached hydrogens (tertiary/aromatic N) is 5. The van der Waals surface area contributed by atoms with E-state index in [0.29, 0.717) is 5.56 Å². The summed E-state index contributed by atoms with van der Waals surface area (Å²) in [6.45, 7) is 1.69. The molecule has 8 heteroatoms. The Labute approximate surface area is 135 Å². The zero-order valence-corrected chi connectivity index (χ0v) is 12.7. The Hall–Kier alpha value is -2.95. The lowest BCUT2D eigenvalue weighted by molar-refractivity contribution is -0.136. The highest BCUT2D eigenvalue weighted by Crippen LogP contribution is 2.37. The maximum Gasteiger partial charge on any atom is 0.417 e. The zero-order chi connectivity index (χ0) is 17.3. The average Bonchev–Trinajstić information content (AvgIpc) is 2.88. The van der Waals surface area contributed by atoms with Crippen molar-refractivity contribution in [3.63, 3.8) is 0 Å². The molecule has 5 nitrogen and oxygen atoms in total. The monoisotopic (exact) mass is 331 g/mol. The number of halogens is 3. The van der Waals surface area contributed by atoms with Gasteiger partial charge >= 0.3 is 6.18 Å². The molecule has 122 valence electrons. The quantitative estimate of drug-likeness (QED) is 0.733. The van der Waals surface area contributed by atoms with Crippen molar-refractivity contribution in [3.05, 3.63) is 41.9 Å². The molecule has 0 unspecified atom stereocenters. The fraction of sp³-hybridized carbons (Fsp3) is 0.250. The van der Waals surface area contributed by atoms with Gasteiger partial charge in [0, 0.05) is 18.0 Å². The summed E-state index contributed by atoms with van der Waals surface area (Å²) in [5.74, 6) is 0. The number of nitriles is 1. The fourth-order valence-electron chi connectivity index (χ4n) is 2.55. The second kappa shape index (κ2) is 5.92. The van der Waals surface area contributed by atoms with Gasteiger partial charge in [0.2, 0.25) is 0 Å². The van der Waals surface area contributed by atoms with Crippen LogP contribution >= 0.6 is 0 Å². The van der Waals surface area contributed by atoms with Crippen LogP contribution in [0.5, 0.6) is 0 Å². The minimum Gasteiger partial charge on any atom is -0.264 e. The first-order chi connectivity index (χ1) is 11.4. The molecule has 0 spiro atoms. The molecule has 3 rings (SSSR count). The highest BCUT2D eigenvalue weighted by Gasteiger charge is 2.35. The largest absolute Gasteiger partial charge is 0.417 e. The minimum absolute atomic E-state index is 0.0342. The van der Waals surface area contributed by atoms with Crippen molar-refractivity contribution >= 4 is 11.0 Å². The Bertz CT molecular complexity index is 923. The molecule has 0 amide bonds. The van der Waals surface area contributed by atoms with Gasteiger partial charge in [-0.05, 0) is 25.1 Å². The van der Waals surface area contributed by atoms with E-state index in [9.17, 15) is 13.2 Å². The molecule has 0 atom stereocenters. The molecule has 0 aromatic carbocycles. The summed E-state index contributed by atoms with van der Waals surface area (Å²) in [4.78, 5) is 8.27. The SMILES string of the molecule is Cc1nn(CCC#N)c2nc(-c3cccnc3)cc(C(F)(F)F)c12. The van der Waals surface area contributed by atoms with Crippen LogP contribution in [0.15, 0.2) is 30.6 Å². The van der Waals surface area contributed by atoms with Crippen molar-refractivity contribution in [1.82, 2.24) is 19.7 Å². The van der Waals surface area contributed by atoms with Gasteiger partial charge in [-0.15, -0.1) is 0 Å². The molecule has 0 aliphatic carbocycles. The summed E-state index contributed by atoms with van der Waals surface area (Å²) in [5, 5.41) is 12.8. The van der Waals surface area contributed by atoms with Crippen molar-refractivity contribution in [2.45, 2.75) is 26.1 Å². The van der Waals surface area contributed by atoms with Crippen LogP contribution in [-0.4, -0.2) is 19.7 Å². The van der Waals surface area contributed by atoms with E-state index in [0.717, 1.165) is 6.07 Å². The van der Waals surface area contributed by atoms with E-state index in [2.05, 4.69) is 15.1 Å². The van der Waals surface area contributed by atoms with E-state index in [1.54, 1.807) is 12.1 Å². The Kier molecular flexibility index (Phi) is 3.93. The van der Waals surface area contributed by atoms with Crippen LogP contribution in [0.1, 0.15) is 17.7 Å². The molecular weight excluding hydrogens is 319 g/mol. The number of pyridine rings is 2. The number of aryl methyl sites for hydroxylation is 2. The first-order valence-electron chi connectivity index (χ1n) is 7.14. The van der Waals surface area contributed by atoms with Crippen molar-refractivity contribution in [2.24, 2.45) is 0 Å². The molecule has 3 heterocycles. The maximum atomic E-state index is 13.5. The van der Waals surface area contributed by atoms with E-state index in [1.165, 1.54) is 24.0 Å². The molecule has 3 aromatic rings. The number of alkyl halides is 3. The summed E-state index contributed by atoms with van der Waals surface area (Å²) < 4.78 is 41.9. The highest BCUT2D eigenvalue weighted by atomic mass is 19.4. The number of fused-ring (bicyclic) bond motifs is 1. The van der Waals surface area contributed by atoms with Crippen LogP contribution in [0.25, 0.3) is 22.3 Å². The van der Waals surface area contributed by atoms with Gasteiger partial charge in [0.1, 0.15) is 0 Å². The van der Waals surface area contributed by atoms with Crippen molar-refractivity contribution < 1.29 is 13.2 Å². The Morgan fingerprint density at radius 2 is 2.12 bits per heavy atom. The predicted molar refractivity (Wildman–Crippen MR) is 80.7 cm³/mol. The Morgan fingerprint density at radius 3 is 2.75 bits per heavy atom. The zero-order valence-electron chi connectivity index (χ0n) is 12.7. The summed E-state index contributed by atoms with van der Waals surface area (Å²) in [7, 11) is 0. The van der Waals surface area contributed by atoms with Gasteiger partial charge in [0.25, 0.3) is 0 Å². The molecule has 0 aliphatic heterocycles. The fourth-order valence-corrected chi connectivity index (χ4v) is 2.55. The number of hydrogen-bond donors (Lipinski definition) is 0. The summed E-state index contributed by atoms with van der Waals surface area (Å²) >= 11 is 0. The second-order valence-electron chi connectivity index (χ2n) is 5.21. The van der Waals surface area contributed by atoms with Crippen molar-refractivity contribution in [2.75, 3.05) is 0 Å². The van der Waals surface area contributed by atoms with Crippen molar-refractivity contribution in [3.8, 4) is 17.3 Å². The smallest absolute Gasteiger partial charge is 0.264 e. The van der Waals surface area contributed by atoms with Gasteiger partial charge in [-0.2, -0.15) is 23.5 Å². The van der Waals surface area contributed by atoms with Crippen LogP contribution in [0.2, 0.25) is 0 Å². The van der Waals surface area contributed by atoms with Gasteiger partial charge in [-0.3, -0.25) is 4.98 Å². The molecule has 0 bridgehead atoms. The highest BCUT2D eigenvalue weighted by molar-refractivity contribution is 5.85. The van der Waals surface area contributed by atoms with Gasteiger partial charge in [-0.25, -0.2) is 9.67 Å². The second-order valence-corrected chi connectivity index (χ2v) is 5.21. The van der Waals surface area contributed by atoms with Crippen LogP contribution < -0.4 is 0 Å².